The number of rotatable bonds is 9. The number of halogens is 3. The normalized spacial score (nSPS) is 13.6. The fourth-order valence-electron chi connectivity index (χ4n) is 3.34. The number of benzene rings is 2. The molecule has 0 bridgehead atoms. The van der Waals surface area contributed by atoms with Gasteiger partial charge in [-0.25, -0.2) is 12.7 Å². The van der Waals surface area contributed by atoms with Gasteiger partial charge in [0.05, 0.1) is 30.8 Å². The zero-order chi connectivity index (χ0) is 26.9. The smallest absolute Gasteiger partial charge is 0.392 e. The van der Waals surface area contributed by atoms with Crippen LogP contribution < -0.4 is 4.31 Å². The van der Waals surface area contributed by atoms with Crippen molar-refractivity contribution in [3.8, 4) is 11.1 Å². The van der Waals surface area contributed by atoms with Gasteiger partial charge in [0.25, 0.3) is 10.0 Å². The monoisotopic (exact) mass is 542 g/mol. The predicted octanol–water partition coefficient (Wildman–Crippen LogP) is 5.60. The highest BCUT2D eigenvalue weighted by molar-refractivity contribution is 7.93. The lowest BCUT2D eigenvalue weighted by Crippen LogP contribution is -2.42. The fourth-order valence-corrected chi connectivity index (χ4v) is 5.38. The topological polar surface area (TPSA) is 92.9 Å². The Balaban J connectivity index is 2.17. The molecule has 3 aromatic rings. The van der Waals surface area contributed by atoms with Crippen LogP contribution in [0.4, 0.5) is 19.1 Å². The molecule has 36 heavy (non-hydrogen) atoms. The quantitative estimate of drug-likeness (QED) is 0.280. The maximum Gasteiger partial charge on any atom is 0.417 e. The van der Waals surface area contributed by atoms with Gasteiger partial charge in [-0.1, -0.05) is 55.1 Å². The molecule has 7 nitrogen and oxygen atoms in total. The van der Waals surface area contributed by atoms with Crippen molar-refractivity contribution in [2.24, 2.45) is 0 Å². The Kier molecular flexibility index (Phi) is 8.03. The van der Waals surface area contributed by atoms with Gasteiger partial charge in [0.1, 0.15) is 6.73 Å². The maximum absolute atomic E-state index is 13.9. The Morgan fingerprint density at radius 3 is 2.33 bits per heavy atom. The third-order valence-electron chi connectivity index (χ3n) is 5.84. The summed E-state index contributed by atoms with van der Waals surface area (Å²) in [7, 11) is -6.26. The highest BCUT2D eigenvalue weighted by Gasteiger charge is 2.37. The molecule has 2 aromatic carbocycles. The van der Waals surface area contributed by atoms with Gasteiger partial charge in [0.15, 0.2) is 0 Å². The molecule has 0 amide bonds. The Bertz CT molecular complexity index is 1320. The number of anilines is 1. The Morgan fingerprint density at radius 2 is 1.78 bits per heavy atom. The number of nitrogens with zero attached hydrogens (tertiary/aromatic N) is 2. The Labute approximate surface area is 209 Å². The summed E-state index contributed by atoms with van der Waals surface area (Å²) >= 11 is 0. The summed E-state index contributed by atoms with van der Waals surface area (Å²) in [6, 6.07) is 10.2. The minimum absolute atomic E-state index is 0.0545. The van der Waals surface area contributed by atoms with E-state index in [-0.39, 0.29) is 33.2 Å². The summed E-state index contributed by atoms with van der Waals surface area (Å²) in [6.45, 7) is 8.68. The number of hydrogen-bond donors (Lipinski definition) is 1. The fraction of sp³-hybridized carbons (Fsp3) is 0.375. The van der Waals surface area contributed by atoms with Crippen LogP contribution >= 0.6 is 0 Å². The Hall–Kier alpha value is -2.67. The largest absolute Gasteiger partial charge is 0.417 e. The van der Waals surface area contributed by atoms with Crippen LogP contribution in [0.5, 0.6) is 0 Å². The van der Waals surface area contributed by atoms with Crippen molar-refractivity contribution in [1.82, 2.24) is 5.16 Å². The van der Waals surface area contributed by atoms with Gasteiger partial charge in [-0.15, -0.1) is 0 Å². The lowest BCUT2D eigenvalue weighted by atomic mass is 9.97. The molecule has 0 aliphatic heterocycles. The van der Waals surface area contributed by atoms with Crippen LogP contribution in [0.1, 0.15) is 23.7 Å². The molecule has 196 valence electrons. The standard InChI is InChI=1S/C24H29F3N2O5SSi/c1-16-12-23(34-28-16)29(15-33-17(2)36(3,4)5)35(31,32)22-9-7-6-8-20(22)19-11-10-18(14-30)13-21(19)24(25,26)27/h6-13,17,30H,14-15H2,1-5H3. The summed E-state index contributed by atoms with van der Waals surface area (Å²) in [5.41, 5.74) is -1.27. The van der Waals surface area contributed by atoms with Gasteiger partial charge in [0.2, 0.25) is 5.88 Å². The lowest BCUT2D eigenvalue weighted by Gasteiger charge is -2.29. The van der Waals surface area contributed by atoms with Crippen LogP contribution in [0.25, 0.3) is 11.1 Å². The number of ether oxygens (including phenoxy) is 1. The van der Waals surface area contributed by atoms with Crippen LogP contribution in [0, 0.1) is 6.92 Å². The van der Waals surface area contributed by atoms with E-state index in [1.54, 1.807) is 6.92 Å². The summed E-state index contributed by atoms with van der Waals surface area (Å²) in [5.74, 6) is -0.114. The van der Waals surface area contributed by atoms with Crippen molar-refractivity contribution < 1.29 is 36.0 Å². The van der Waals surface area contributed by atoms with E-state index < -0.39 is 43.2 Å². The van der Waals surface area contributed by atoms with Gasteiger partial charge >= 0.3 is 6.18 Å². The highest BCUT2D eigenvalue weighted by atomic mass is 32.2. The molecular formula is C24H29F3N2O5SSi. The second-order valence-corrected chi connectivity index (χ2v) is 16.9. The number of aliphatic hydroxyl groups excluding tert-OH is 1. The van der Waals surface area contributed by atoms with E-state index in [0.29, 0.717) is 5.69 Å². The average molecular weight is 543 g/mol. The molecule has 3 rings (SSSR count). The third kappa shape index (κ3) is 5.99. The molecule has 0 aliphatic rings. The van der Waals surface area contributed by atoms with Crippen LogP contribution in [0.15, 0.2) is 57.9 Å². The van der Waals surface area contributed by atoms with E-state index in [1.807, 2.05) is 6.92 Å². The van der Waals surface area contributed by atoms with Crippen LogP contribution in [0.2, 0.25) is 19.6 Å². The van der Waals surface area contributed by atoms with Gasteiger partial charge in [0, 0.05) is 17.4 Å². The van der Waals surface area contributed by atoms with Crippen molar-refractivity contribution in [1.29, 1.82) is 0 Å². The van der Waals surface area contributed by atoms with Crippen LogP contribution in [-0.2, 0) is 27.5 Å². The van der Waals surface area contributed by atoms with Crippen molar-refractivity contribution in [2.75, 3.05) is 11.0 Å². The second kappa shape index (κ2) is 10.4. The van der Waals surface area contributed by atoms with Gasteiger partial charge in [-0.2, -0.15) is 13.2 Å². The first-order valence-corrected chi connectivity index (χ1v) is 16.2. The second-order valence-electron chi connectivity index (χ2n) is 9.50. The number of hydrogen-bond acceptors (Lipinski definition) is 6. The SMILES string of the molecule is Cc1cc(N(COC(C)[Si](C)(C)C)S(=O)(=O)c2ccccc2-c2ccc(CO)cc2C(F)(F)F)on1. The van der Waals surface area contributed by atoms with E-state index in [0.717, 1.165) is 16.4 Å². The molecule has 12 heteroatoms. The molecular weight excluding hydrogens is 513 g/mol. The highest BCUT2D eigenvalue weighted by Crippen LogP contribution is 2.41. The summed E-state index contributed by atoms with van der Waals surface area (Å²) in [4.78, 5) is -0.356. The van der Waals surface area contributed by atoms with Crippen molar-refractivity contribution >= 4 is 24.0 Å². The average Bonchev–Trinajstić information content (AvgIpc) is 3.23. The van der Waals surface area contributed by atoms with E-state index in [1.165, 1.54) is 36.4 Å². The summed E-state index contributed by atoms with van der Waals surface area (Å²) in [5, 5.41) is 13.1. The number of aliphatic hydroxyl groups is 1. The first-order chi connectivity index (χ1) is 16.7. The maximum atomic E-state index is 13.9. The minimum atomic E-state index is -4.78. The lowest BCUT2D eigenvalue weighted by molar-refractivity contribution is -0.137. The first kappa shape index (κ1) is 27.9. The van der Waals surface area contributed by atoms with E-state index in [9.17, 15) is 26.7 Å². The first-order valence-electron chi connectivity index (χ1n) is 11.1. The molecule has 0 saturated carbocycles. The Morgan fingerprint density at radius 1 is 1.11 bits per heavy atom. The molecule has 0 aliphatic carbocycles. The van der Waals surface area contributed by atoms with Crippen molar-refractivity contribution in [3.05, 3.63) is 65.4 Å². The van der Waals surface area contributed by atoms with Gasteiger partial charge in [-0.05, 0) is 37.1 Å². The molecule has 1 N–H and O–H groups in total. The molecule has 0 fully saturated rings. The zero-order valence-corrected chi connectivity index (χ0v) is 22.4. The molecule has 1 heterocycles. The minimum Gasteiger partial charge on any atom is -0.392 e. The van der Waals surface area contributed by atoms with Crippen LogP contribution in [-0.4, -0.2) is 39.2 Å². The zero-order valence-electron chi connectivity index (χ0n) is 20.6. The van der Waals surface area contributed by atoms with Gasteiger partial charge in [-0.3, -0.25) is 0 Å². The molecule has 1 aromatic heterocycles. The van der Waals surface area contributed by atoms with E-state index in [4.69, 9.17) is 9.26 Å². The van der Waals surface area contributed by atoms with Gasteiger partial charge < -0.3 is 14.4 Å². The molecule has 1 atom stereocenters. The summed E-state index contributed by atoms with van der Waals surface area (Å²) < 4.78 is 81.7. The third-order valence-corrected chi connectivity index (χ3v) is 10.2. The molecule has 0 radical (unpaired) electrons. The molecule has 0 spiro atoms. The van der Waals surface area contributed by atoms with Crippen molar-refractivity contribution in [3.63, 3.8) is 0 Å². The predicted molar refractivity (Wildman–Crippen MR) is 132 cm³/mol. The van der Waals surface area contributed by atoms with Crippen molar-refractivity contribution in [2.45, 2.75) is 56.9 Å². The number of alkyl halides is 3. The van der Waals surface area contributed by atoms with Crippen LogP contribution in [0.3, 0.4) is 0 Å². The number of aromatic nitrogens is 1. The molecule has 0 saturated heterocycles. The number of aryl methyl sites for hydroxylation is 1. The van der Waals surface area contributed by atoms with E-state index >= 15 is 0 Å². The van der Waals surface area contributed by atoms with E-state index in [2.05, 4.69) is 24.8 Å². The number of sulfonamides is 1. The molecule has 1 unspecified atom stereocenters. The summed E-state index contributed by atoms with van der Waals surface area (Å²) in [6.07, 6.45) is -4.78.